The van der Waals surface area contributed by atoms with Crippen molar-refractivity contribution in [2.45, 2.75) is 48.7 Å². The number of nitrogens with two attached hydrogens (primary N) is 1. The highest BCUT2D eigenvalue weighted by molar-refractivity contribution is 8.01. The standard InChI is InChI=1S/C10H17N3S2/c1-10(2)5-3-4-7(8(10)11)14-9-12-6-13-15-9/h6-8H,3-5,11H2,1-2H3. The Hall–Kier alpha value is -0.130. The van der Waals surface area contributed by atoms with Crippen molar-refractivity contribution in [2.24, 2.45) is 11.1 Å². The van der Waals surface area contributed by atoms with Crippen LogP contribution in [-0.4, -0.2) is 20.6 Å². The summed E-state index contributed by atoms with van der Waals surface area (Å²) in [4.78, 5) is 4.21. The van der Waals surface area contributed by atoms with Crippen molar-refractivity contribution < 1.29 is 0 Å². The molecule has 0 aromatic carbocycles. The fourth-order valence-electron chi connectivity index (χ4n) is 2.08. The summed E-state index contributed by atoms with van der Waals surface area (Å²) in [7, 11) is 0. The van der Waals surface area contributed by atoms with E-state index in [-0.39, 0.29) is 11.5 Å². The number of hydrogen-bond acceptors (Lipinski definition) is 5. The molecule has 2 N–H and O–H groups in total. The largest absolute Gasteiger partial charge is 0.326 e. The van der Waals surface area contributed by atoms with Gasteiger partial charge in [0.2, 0.25) is 0 Å². The highest BCUT2D eigenvalue weighted by Gasteiger charge is 2.37. The lowest BCUT2D eigenvalue weighted by Gasteiger charge is -2.41. The SMILES string of the molecule is CC1(C)CCCC(Sc2ncns2)C1N. The Balaban J connectivity index is 2.03. The molecule has 2 rings (SSSR count). The number of aromatic nitrogens is 2. The van der Waals surface area contributed by atoms with E-state index in [1.54, 1.807) is 18.1 Å². The number of rotatable bonds is 2. The van der Waals surface area contributed by atoms with E-state index in [0.29, 0.717) is 5.25 Å². The molecule has 1 heterocycles. The highest BCUT2D eigenvalue weighted by atomic mass is 32.2. The third-order valence-electron chi connectivity index (χ3n) is 3.21. The molecule has 0 amide bonds. The second-order valence-electron chi connectivity index (χ2n) is 4.77. The highest BCUT2D eigenvalue weighted by Crippen LogP contribution is 2.41. The first-order valence-electron chi connectivity index (χ1n) is 5.28. The lowest BCUT2D eigenvalue weighted by Crippen LogP contribution is -2.48. The monoisotopic (exact) mass is 243 g/mol. The summed E-state index contributed by atoms with van der Waals surface area (Å²) < 4.78 is 5.07. The zero-order valence-electron chi connectivity index (χ0n) is 9.14. The molecule has 1 fully saturated rings. The summed E-state index contributed by atoms with van der Waals surface area (Å²) in [5.74, 6) is 0. The molecule has 1 aromatic heterocycles. The summed E-state index contributed by atoms with van der Waals surface area (Å²) in [5.41, 5.74) is 6.57. The van der Waals surface area contributed by atoms with Gasteiger partial charge in [0.25, 0.3) is 0 Å². The molecule has 0 bridgehead atoms. The number of hydrogen-bond donors (Lipinski definition) is 1. The third kappa shape index (κ3) is 2.52. The van der Waals surface area contributed by atoms with Gasteiger partial charge in [-0.1, -0.05) is 32.0 Å². The van der Waals surface area contributed by atoms with E-state index in [1.807, 2.05) is 0 Å². The average Bonchev–Trinajstić information content (AvgIpc) is 2.65. The van der Waals surface area contributed by atoms with Gasteiger partial charge < -0.3 is 5.73 Å². The van der Waals surface area contributed by atoms with Gasteiger partial charge in [-0.05, 0) is 29.8 Å². The molecule has 2 atom stereocenters. The smallest absolute Gasteiger partial charge is 0.170 e. The molecule has 1 aliphatic carbocycles. The van der Waals surface area contributed by atoms with Crippen LogP contribution in [0.15, 0.2) is 10.7 Å². The summed E-state index contributed by atoms with van der Waals surface area (Å²) in [6, 6.07) is 0.264. The lowest BCUT2D eigenvalue weighted by molar-refractivity contribution is 0.208. The van der Waals surface area contributed by atoms with Gasteiger partial charge in [0.15, 0.2) is 4.34 Å². The average molecular weight is 243 g/mol. The van der Waals surface area contributed by atoms with Crippen molar-refractivity contribution in [3.8, 4) is 0 Å². The zero-order chi connectivity index (χ0) is 10.9. The number of nitrogens with zero attached hydrogens (tertiary/aromatic N) is 2. The zero-order valence-corrected chi connectivity index (χ0v) is 10.8. The summed E-state index contributed by atoms with van der Waals surface area (Å²) >= 11 is 3.27. The Morgan fingerprint density at radius 3 is 3.07 bits per heavy atom. The molecule has 15 heavy (non-hydrogen) atoms. The maximum absolute atomic E-state index is 6.31. The van der Waals surface area contributed by atoms with Gasteiger partial charge in [-0.2, -0.15) is 4.37 Å². The van der Waals surface area contributed by atoms with Crippen LogP contribution in [0, 0.1) is 5.41 Å². The quantitative estimate of drug-likeness (QED) is 0.867. The van der Waals surface area contributed by atoms with Gasteiger partial charge >= 0.3 is 0 Å². The predicted molar refractivity (Wildman–Crippen MR) is 65.2 cm³/mol. The fraction of sp³-hybridized carbons (Fsp3) is 0.800. The summed E-state index contributed by atoms with van der Waals surface area (Å²) in [6.07, 6.45) is 5.33. The van der Waals surface area contributed by atoms with Gasteiger partial charge in [0.1, 0.15) is 6.33 Å². The molecule has 1 aromatic rings. The minimum atomic E-state index is 0.264. The molecule has 1 aliphatic rings. The van der Waals surface area contributed by atoms with Crippen molar-refractivity contribution in [3.63, 3.8) is 0 Å². The van der Waals surface area contributed by atoms with Crippen LogP contribution in [0.25, 0.3) is 0 Å². The minimum Gasteiger partial charge on any atom is -0.326 e. The molecule has 0 aliphatic heterocycles. The van der Waals surface area contributed by atoms with Crippen LogP contribution in [0.2, 0.25) is 0 Å². The normalized spacial score (nSPS) is 30.3. The van der Waals surface area contributed by atoms with E-state index in [4.69, 9.17) is 5.73 Å². The van der Waals surface area contributed by atoms with Crippen molar-refractivity contribution >= 4 is 23.3 Å². The van der Waals surface area contributed by atoms with Gasteiger partial charge in [0, 0.05) is 11.3 Å². The van der Waals surface area contributed by atoms with Gasteiger partial charge in [-0.25, -0.2) is 4.98 Å². The molecule has 84 valence electrons. The van der Waals surface area contributed by atoms with E-state index in [1.165, 1.54) is 30.8 Å². The van der Waals surface area contributed by atoms with Crippen molar-refractivity contribution in [1.29, 1.82) is 0 Å². The van der Waals surface area contributed by atoms with Gasteiger partial charge in [-0.3, -0.25) is 0 Å². The van der Waals surface area contributed by atoms with Crippen molar-refractivity contribution in [3.05, 3.63) is 6.33 Å². The second kappa shape index (κ2) is 4.39. The summed E-state index contributed by atoms with van der Waals surface area (Å²) in [6.45, 7) is 4.54. The van der Waals surface area contributed by atoms with Crippen molar-refractivity contribution in [1.82, 2.24) is 9.36 Å². The van der Waals surface area contributed by atoms with E-state index in [0.717, 1.165) is 4.34 Å². The molecule has 1 saturated carbocycles. The summed E-state index contributed by atoms with van der Waals surface area (Å²) in [5, 5.41) is 0.502. The Labute approximate surface area is 99.0 Å². The lowest BCUT2D eigenvalue weighted by atomic mass is 9.73. The van der Waals surface area contributed by atoms with Crippen LogP contribution in [0.4, 0.5) is 0 Å². The van der Waals surface area contributed by atoms with Crippen LogP contribution < -0.4 is 5.73 Å². The predicted octanol–water partition coefficient (Wildman–Crippen LogP) is 2.54. The van der Waals surface area contributed by atoms with E-state index < -0.39 is 0 Å². The Morgan fingerprint density at radius 2 is 2.40 bits per heavy atom. The molecule has 0 radical (unpaired) electrons. The van der Waals surface area contributed by atoms with E-state index >= 15 is 0 Å². The van der Waals surface area contributed by atoms with Crippen LogP contribution in [0.5, 0.6) is 0 Å². The molecular formula is C10H17N3S2. The maximum atomic E-state index is 6.31. The van der Waals surface area contributed by atoms with Crippen molar-refractivity contribution in [2.75, 3.05) is 0 Å². The molecule has 3 nitrogen and oxygen atoms in total. The molecule has 0 spiro atoms. The van der Waals surface area contributed by atoms with E-state index in [9.17, 15) is 0 Å². The first-order valence-corrected chi connectivity index (χ1v) is 6.94. The first kappa shape index (κ1) is 11.4. The van der Waals surface area contributed by atoms with Gasteiger partial charge in [-0.15, -0.1) is 0 Å². The third-order valence-corrected chi connectivity index (χ3v) is 5.32. The second-order valence-corrected chi connectivity index (χ2v) is 7.04. The number of thioether (sulfide) groups is 1. The fourth-order valence-corrected chi connectivity index (χ4v) is 4.20. The molecular weight excluding hydrogens is 226 g/mol. The molecule has 2 unspecified atom stereocenters. The Morgan fingerprint density at radius 1 is 1.60 bits per heavy atom. The molecule has 5 heteroatoms. The minimum absolute atomic E-state index is 0.264. The van der Waals surface area contributed by atoms with Crippen LogP contribution in [-0.2, 0) is 0 Å². The van der Waals surface area contributed by atoms with Crippen LogP contribution in [0.3, 0.4) is 0 Å². The van der Waals surface area contributed by atoms with E-state index in [2.05, 4.69) is 23.2 Å². The molecule has 0 saturated heterocycles. The Kier molecular flexibility index (Phi) is 3.33. The topological polar surface area (TPSA) is 51.8 Å². The first-order chi connectivity index (χ1) is 7.09. The maximum Gasteiger partial charge on any atom is 0.170 e. The van der Waals surface area contributed by atoms with Crippen LogP contribution in [0.1, 0.15) is 33.1 Å². The van der Waals surface area contributed by atoms with Gasteiger partial charge in [0.05, 0.1) is 0 Å². The van der Waals surface area contributed by atoms with Crippen LogP contribution >= 0.6 is 23.3 Å². The Bertz CT molecular complexity index is 310.